The first kappa shape index (κ1) is 11.6. The molecule has 0 amide bonds. The lowest BCUT2D eigenvalue weighted by atomic mass is 10.1. The van der Waals surface area contributed by atoms with Crippen molar-refractivity contribution >= 4 is 17.7 Å². The molecule has 0 aliphatic heterocycles. The molecular weight excluding hydrogens is 230 g/mol. The first-order chi connectivity index (χ1) is 7.63. The summed E-state index contributed by atoms with van der Waals surface area (Å²) in [6.45, 7) is 0. The van der Waals surface area contributed by atoms with Crippen molar-refractivity contribution in [3.63, 3.8) is 0 Å². The van der Waals surface area contributed by atoms with E-state index in [1.807, 2.05) is 6.08 Å². The van der Waals surface area contributed by atoms with Crippen LogP contribution in [-0.2, 0) is 0 Å². The van der Waals surface area contributed by atoms with Gasteiger partial charge in [0.25, 0.3) is 0 Å². The summed E-state index contributed by atoms with van der Waals surface area (Å²) in [6, 6.07) is 3.53. The third-order valence-corrected chi connectivity index (χ3v) is 3.25. The summed E-state index contributed by atoms with van der Waals surface area (Å²) in [6.07, 6.45) is 6.80. The highest BCUT2D eigenvalue weighted by Crippen LogP contribution is 2.30. The van der Waals surface area contributed by atoms with E-state index in [4.69, 9.17) is 11.6 Å². The highest BCUT2D eigenvalue weighted by atomic mass is 35.5. The van der Waals surface area contributed by atoms with Crippen LogP contribution in [0.5, 0.6) is 0 Å². The van der Waals surface area contributed by atoms with Gasteiger partial charge in [-0.05, 0) is 42.9 Å². The number of alkyl halides is 1. The smallest absolute Gasteiger partial charge is 0.126 e. The van der Waals surface area contributed by atoms with Crippen LogP contribution in [0.2, 0.25) is 0 Å². The molecule has 1 saturated carbocycles. The van der Waals surface area contributed by atoms with Crippen molar-refractivity contribution in [2.45, 2.75) is 24.6 Å². The predicted molar refractivity (Wildman–Crippen MR) is 62.4 cm³/mol. The Hall–Kier alpha value is -0.890. The van der Waals surface area contributed by atoms with E-state index in [0.29, 0.717) is 11.5 Å². The monoisotopic (exact) mass is 242 g/mol. The highest BCUT2D eigenvalue weighted by molar-refractivity contribution is 6.20. The molecule has 0 saturated heterocycles. The molecule has 0 radical (unpaired) electrons. The summed E-state index contributed by atoms with van der Waals surface area (Å²) in [5, 5.41) is 0.249. The summed E-state index contributed by atoms with van der Waals surface area (Å²) in [7, 11) is 0. The lowest BCUT2D eigenvalue weighted by Crippen LogP contribution is -1.91. The molecule has 2 rings (SSSR count). The van der Waals surface area contributed by atoms with E-state index in [2.05, 4.69) is 0 Å². The van der Waals surface area contributed by atoms with Crippen LogP contribution in [-0.4, -0.2) is 5.38 Å². The molecule has 0 heterocycles. The molecule has 1 aromatic carbocycles. The number of allylic oxidation sites excluding steroid dienone is 1. The second-order valence-corrected chi connectivity index (χ2v) is 4.85. The molecule has 0 bridgehead atoms. The van der Waals surface area contributed by atoms with Crippen LogP contribution in [0.25, 0.3) is 6.08 Å². The number of benzene rings is 1. The van der Waals surface area contributed by atoms with E-state index in [1.165, 1.54) is 12.1 Å². The fraction of sp³-hybridized carbons (Fsp3) is 0.385. The van der Waals surface area contributed by atoms with E-state index in [9.17, 15) is 8.78 Å². The largest absolute Gasteiger partial charge is 0.207 e. The Balaban J connectivity index is 2.05. The molecule has 3 heteroatoms. The van der Waals surface area contributed by atoms with Crippen molar-refractivity contribution in [3.8, 4) is 0 Å². The van der Waals surface area contributed by atoms with Gasteiger partial charge in [-0.15, -0.1) is 11.6 Å². The van der Waals surface area contributed by atoms with Crippen molar-refractivity contribution in [2.75, 3.05) is 0 Å². The molecule has 1 aliphatic carbocycles. The number of rotatable bonds is 2. The molecule has 0 nitrogen and oxygen atoms in total. The maximum absolute atomic E-state index is 12.9. The maximum Gasteiger partial charge on any atom is 0.126 e. The summed E-state index contributed by atoms with van der Waals surface area (Å²) in [5.74, 6) is -0.642. The number of hydrogen-bond acceptors (Lipinski definition) is 0. The molecular formula is C13H13ClF2. The lowest BCUT2D eigenvalue weighted by molar-refractivity contribution is 0.582. The van der Waals surface area contributed by atoms with Crippen molar-refractivity contribution < 1.29 is 8.78 Å². The van der Waals surface area contributed by atoms with Crippen molar-refractivity contribution in [2.24, 2.45) is 5.92 Å². The van der Waals surface area contributed by atoms with Crippen LogP contribution >= 0.6 is 11.6 Å². The van der Waals surface area contributed by atoms with Gasteiger partial charge in [0.1, 0.15) is 11.6 Å². The van der Waals surface area contributed by atoms with E-state index < -0.39 is 11.6 Å². The zero-order chi connectivity index (χ0) is 11.5. The normalized spacial score (nSPS) is 25.4. The minimum absolute atomic E-state index is 0.249. The first-order valence-electron chi connectivity index (χ1n) is 5.42. The summed E-state index contributed by atoms with van der Waals surface area (Å²) < 4.78 is 25.8. The Bertz CT molecular complexity index is 381. The van der Waals surface area contributed by atoms with Gasteiger partial charge >= 0.3 is 0 Å². The summed E-state index contributed by atoms with van der Waals surface area (Å²) >= 11 is 5.99. The van der Waals surface area contributed by atoms with Gasteiger partial charge in [-0.25, -0.2) is 8.78 Å². The molecule has 1 fully saturated rings. The SMILES string of the molecule is Fc1cc(F)cc(/C=C/[C@H]2CC[C@@H](Cl)C2)c1. The van der Waals surface area contributed by atoms with E-state index >= 15 is 0 Å². The Morgan fingerprint density at radius 3 is 2.38 bits per heavy atom. The van der Waals surface area contributed by atoms with Crippen LogP contribution in [0.3, 0.4) is 0 Å². The summed E-state index contributed by atoms with van der Waals surface area (Å²) in [5.41, 5.74) is 0.565. The minimum Gasteiger partial charge on any atom is -0.207 e. The van der Waals surface area contributed by atoms with E-state index in [-0.39, 0.29) is 5.38 Å². The average molecular weight is 243 g/mol. The Morgan fingerprint density at radius 1 is 1.12 bits per heavy atom. The van der Waals surface area contributed by atoms with Crippen molar-refractivity contribution in [3.05, 3.63) is 41.5 Å². The molecule has 0 N–H and O–H groups in total. The molecule has 0 aromatic heterocycles. The van der Waals surface area contributed by atoms with Crippen LogP contribution in [0, 0.1) is 17.6 Å². The first-order valence-corrected chi connectivity index (χ1v) is 5.85. The van der Waals surface area contributed by atoms with E-state index in [1.54, 1.807) is 6.08 Å². The predicted octanol–water partition coefficient (Wildman–Crippen LogP) is 4.39. The van der Waals surface area contributed by atoms with Crippen molar-refractivity contribution in [1.29, 1.82) is 0 Å². The second kappa shape index (κ2) is 4.96. The van der Waals surface area contributed by atoms with Crippen LogP contribution < -0.4 is 0 Å². The van der Waals surface area contributed by atoms with Gasteiger partial charge in [0.15, 0.2) is 0 Å². The zero-order valence-corrected chi connectivity index (χ0v) is 9.55. The fourth-order valence-electron chi connectivity index (χ4n) is 2.05. The molecule has 0 spiro atoms. The topological polar surface area (TPSA) is 0 Å². The summed E-state index contributed by atoms with van der Waals surface area (Å²) in [4.78, 5) is 0. The van der Waals surface area contributed by atoms with Gasteiger partial charge in [0, 0.05) is 11.4 Å². The molecule has 86 valence electrons. The van der Waals surface area contributed by atoms with Crippen molar-refractivity contribution in [1.82, 2.24) is 0 Å². The van der Waals surface area contributed by atoms with Crippen LogP contribution in [0.4, 0.5) is 8.78 Å². The Kier molecular flexibility index (Phi) is 3.59. The van der Waals surface area contributed by atoms with Crippen LogP contribution in [0.15, 0.2) is 24.3 Å². The molecule has 16 heavy (non-hydrogen) atoms. The highest BCUT2D eigenvalue weighted by Gasteiger charge is 2.20. The third kappa shape index (κ3) is 3.05. The van der Waals surface area contributed by atoms with Gasteiger partial charge in [-0.3, -0.25) is 0 Å². The van der Waals surface area contributed by atoms with E-state index in [0.717, 1.165) is 25.3 Å². The average Bonchev–Trinajstić information content (AvgIpc) is 2.60. The van der Waals surface area contributed by atoms with Gasteiger partial charge in [-0.2, -0.15) is 0 Å². The molecule has 1 aromatic rings. The van der Waals surface area contributed by atoms with Gasteiger partial charge in [0.05, 0.1) is 0 Å². The lowest BCUT2D eigenvalue weighted by Gasteiger charge is -2.01. The fourth-order valence-corrected chi connectivity index (χ4v) is 2.41. The number of halogens is 3. The standard InChI is InChI=1S/C13H13ClF2/c14-11-4-3-9(5-11)1-2-10-6-12(15)8-13(16)7-10/h1-2,6-9,11H,3-5H2/b2-1+/t9-,11+/m0/s1. The molecule has 0 unspecified atom stereocenters. The Labute approximate surface area is 98.9 Å². The maximum atomic E-state index is 12.9. The van der Waals surface area contributed by atoms with Crippen LogP contribution in [0.1, 0.15) is 24.8 Å². The third-order valence-electron chi connectivity index (χ3n) is 2.85. The van der Waals surface area contributed by atoms with Gasteiger partial charge < -0.3 is 0 Å². The van der Waals surface area contributed by atoms with Gasteiger partial charge in [0.2, 0.25) is 0 Å². The number of hydrogen-bond donors (Lipinski definition) is 0. The Morgan fingerprint density at radius 2 is 1.81 bits per heavy atom. The quantitative estimate of drug-likeness (QED) is 0.675. The molecule has 2 atom stereocenters. The minimum atomic E-state index is -0.540. The molecule has 1 aliphatic rings. The van der Waals surface area contributed by atoms with Gasteiger partial charge in [-0.1, -0.05) is 12.2 Å². The second-order valence-electron chi connectivity index (χ2n) is 4.23. The zero-order valence-electron chi connectivity index (χ0n) is 8.80.